The topological polar surface area (TPSA) is 38.0 Å². The predicted molar refractivity (Wildman–Crippen MR) is 61.4 cm³/mol. The van der Waals surface area contributed by atoms with Crippen LogP contribution < -0.4 is 11.1 Å². The van der Waals surface area contributed by atoms with E-state index in [0.717, 1.165) is 6.54 Å². The van der Waals surface area contributed by atoms with Crippen LogP contribution in [0.1, 0.15) is 29.7 Å². The largest absolute Gasteiger partial charge is 0.329 e. The average molecular weight is 192 g/mol. The third kappa shape index (κ3) is 2.82. The van der Waals surface area contributed by atoms with Crippen molar-refractivity contribution >= 4 is 0 Å². The molecule has 1 atom stereocenters. The van der Waals surface area contributed by atoms with Crippen LogP contribution in [0.3, 0.4) is 0 Å². The molecule has 0 fully saturated rings. The lowest BCUT2D eigenvalue weighted by Gasteiger charge is -2.16. The van der Waals surface area contributed by atoms with Gasteiger partial charge in [-0.1, -0.05) is 23.8 Å². The van der Waals surface area contributed by atoms with Gasteiger partial charge in [0.1, 0.15) is 0 Å². The molecule has 2 heteroatoms. The summed E-state index contributed by atoms with van der Waals surface area (Å²) in [4.78, 5) is 0. The molecule has 0 aliphatic heterocycles. The number of nitrogens with two attached hydrogens (primary N) is 1. The van der Waals surface area contributed by atoms with Crippen molar-refractivity contribution in [2.45, 2.75) is 26.8 Å². The van der Waals surface area contributed by atoms with Gasteiger partial charge in [-0.3, -0.25) is 0 Å². The average Bonchev–Trinajstić information content (AvgIpc) is 2.14. The fourth-order valence-corrected chi connectivity index (χ4v) is 1.72. The fraction of sp³-hybridized carbons (Fsp3) is 0.500. The van der Waals surface area contributed by atoms with Gasteiger partial charge in [0, 0.05) is 19.1 Å². The molecule has 14 heavy (non-hydrogen) atoms. The number of rotatable bonds is 4. The zero-order valence-corrected chi connectivity index (χ0v) is 9.30. The second kappa shape index (κ2) is 5.13. The molecule has 1 unspecified atom stereocenters. The van der Waals surface area contributed by atoms with Gasteiger partial charge in [-0.2, -0.15) is 0 Å². The minimum atomic E-state index is 0.388. The molecule has 0 bridgehead atoms. The summed E-state index contributed by atoms with van der Waals surface area (Å²) in [5.41, 5.74) is 9.49. The second-order valence-corrected chi connectivity index (χ2v) is 3.82. The molecular formula is C12H20N2. The first-order valence-corrected chi connectivity index (χ1v) is 5.15. The van der Waals surface area contributed by atoms with Crippen molar-refractivity contribution in [3.05, 3.63) is 34.9 Å². The first-order chi connectivity index (χ1) is 6.65. The minimum Gasteiger partial charge on any atom is -0.329 e. The number of hydrogen-bond donors (Lipinski definition) is 2. The molecule has 0 spiro atoms. The van der Waals surface area contributed by atoms with Crippen molar-refractivity contribution in [1.82, 2.24) is 5.32 Å². The van der Waals surface area contributed by atoms with Crippen LogP contribution in [0.5, 0.6) is 0 Å². The van der Waals surface area contributed by atoms with Crippen molar-refractivity contribution in [2.24, 2.45) is 5.73 Å². The summed E-state index contributed by atoms with van der Waals surface area (Å²) >= 11 is 0. The Morgan fingerprint density at radius 1 is 1.36 bits per heavy atom. The molecule has 3 N–H and O–H groups in total. The predicted octanol–water partition coefficient (Wildman–Crippen LogP) is 1.91. The van der Waals surface area contributed by atoms with Crippen LogP contribution in [0.4, 0.5) is 0 Å². The SMILES string of the molecule is Cc1ccc(C(C)NCCN)c(C)c1. The van der Waals surface area contributed by atoms with E-state index in [2.05, 4.69) is 44.3 Å². The lowest BCUT2D eigenvalue weighted by Crippen LogP contribution is -2.25. The number of benzene rings is 1. The highest BCUT2D eigenvalue weighted by atomic mass is 14.9. The first kappa shape index (κ1) is 11.2. The lowest BCUT2D eigenvalue weighted by molar-refractivity contribution is 0.579. The molecule has 1 rings (SSSR count). The summed E-state index contributed by atoms with van der Waals surface area (Å²) < 4.78 is 0. The standard InChI is InChI=1S/C12H20N2/c1-9-4-5-12(10(2)8-9)11(3)14-7-6-13/h4-5,8,11,14H,6-7,13H2,1-3H3. The van der Waals surface area contributed by atoms with Crippen molar-refractivity contribution in [3.63, 3.8) is 0 Å². The normalized spacial score (nSPS) is 12.9. The molecule has 0 amide bonds. The summed E-state index contributed by atoms with van der Waals surface area (Å²) in [6.45, 7) is 8.01. The van der Waals surface area contributed by atoms with Crippen molar-refractivity contribution in [2.75, 3.05) is 13.1 Å². The molecule has 0 aliphatic rings. The van der Waals surface area contributed by atoms with Gasteiger partial charge in [0.15, 0.2) is 0 Å². The zero-order valence-electron chi connectivity index (χ0n) is 9.30. The Morgan fingerprint density at radius 3 is 2.64 bits per heavy atom. The molecule has 2 nitrogen and oxygen atoms in total. The Balaban J connectivity index is 2.74. The van der Waals surface area contributed by atoms with Crippen LogP contribution in [-0.4, -0.2) is 13.1 Å². The van der Waals surface area contributed by atoms with Gasteiger partial charge in [-0.15, -0.1) is 0 Å². The number of aryl methyl sites for hydroxylation is 2. The van der Waals surface area contributed by atoms with Crippen molar-refractivity contribution < 1.29 is 0 Å². The van der Waals surface area contributed by atoms with Gasteiger partial charge in [0.2, 0.25) is 0 Å². The molecule has 1 aromatic rings. The number of nitrogens with one attached hydrogen (secondary N) is 1. The van der Waals surface area contributed by atoms with Crippen LogP contribution in [0.2, 0.25) is 0 Å². The van der Waals surface area contributed by atoms with Crippen molar-refractivity contribution in [3.8, 4) is 0 Å². The van der Waals surface area contributed by atoms with E-state index in [1.54, 1.807) is 0 Å². The highest BCUT2D eigenvalue weighted by Crippen LogP contribution is 2.17. The maximum atomic E-state index is 5.45. The summed E-state index contributed by atoms with van der Waals surface area (Å²) in [5.74, 6) is 0. The summed E-state index contributed by atoms with van der Waals surface area (Å²) in [7, 11) is 0. The Hall–Kier alpha value is -0.860. The third-order valence-electron chi connectivity index (χ3n) is 2.49. The van der Waals surface area contributed by atoms with Gasteiger partial charge < -0.3 is 11.1 Å². The Bertz CT molecular complexity index is 294. The summed E-state index contributed by atoms with van der Waals surface area (Å²) in [6.07, 6.45) is 0. The zero-order chi connectivity index (χ0) is 10.6. The van der Waals surface area contributed by atoms with Crippen LogP contribution in [0.25, 0.3) is 0 Å². The fourth-order valence-electron chi connectivity index (χ4n) is 1.72. The molecule has 0 saturated carbocycles. The van der Waals surface area contributed by atoms with Gasteiger partial charge in [0.25, 0.3) is 0 Å². The van der Waals surface area contributed by atoms with Crippen LogP contribution in [-0.2, 0) is 0 Å². The van der Waals surface area contributed by atoms with Gasteiger partial charge in [-0.05, 0) is 31.9 Å². The van der Waals surface area contributed by atoms with Crippen LogP contribution >= 0.6 is 0 Å². The second-order valence-electron chi connectivity index (χ2n) is 3.82. The smallest absolute Gasteiger partial charge is 0.0294 e. The van der Waals surface area contributed by atoms with Gasteiger partial charge >= 0.3 is 0 Å². The van der Waals surface area contributed by atoms with E-state index < -0.39 is 0 Å². The maximum absolute atomic E-state index is 5.45. The summed E-state index contributed by atoms with van der Waals surface area (Å²) in [6, 6.07) is 6.96. The molecule has 0 heterocycles. The molecule has 0 aliphatic carbocycles. The van der Waals surface area contributed by atoms with E-state index in [9.17, 15) is 0 Å². The summed E-state index contributed by atoms with van der Waals surface area (Å²) in [5, 5.41) is 3.38. The highest BCUT2D eigenvalue weighted by molar-refractivity contribution is 5.32. The van der Waals surface area contributed by atoms with Crippen LogP contribution in [0.15, 0.2) is 18.2 Å². The molecular weight excluding hydrogens is 172 g/mol. The Labute approximate surface area is 86.5 Å². The van der Waals surface area contributed by atoms with E-state index in [-0.39, 0.29) is 0 Å². The van der Waals surface area contributed by atoms with Crippen LogP contribution in [0, 0.1) is 13.8 Å². The van der Waals surface area contributed by atoms with E-state index >= 15 is 0 Å². The molecule has 1 aromatic carbocycles. The first-order valence-electron chi connectivity index (χ1n) is 5.15. The minimum absolute atomic E-state index is 0.388. The molecule has 0 radical (unpaired) electrons. The van der Waals surface area contributed by atoms with Crippen molar-refractivity contribution in [1.29, 1.82) is 0 Å². The lowest BCUT2D eigenvalue weighted by atomic mass is 10.0. The highest BCUT2D eigenvalue weighted by Gasteiger charge is 2.06. The molecule has 78 valence electrons. The Kier molecular flexibility index (Phi) is 4.11. The molecule has 0 saturated heterocycles. The van der Waals surface area contributed by atoms with E-state index in [0.29, 0.717) is 12.6 Å². The van der Waals surface area contributed by atoms with Gasteiger partial charge in [-0.25, -0.2) is 0 Å². The number of hydrogen-bond acceptors (Lipinski definition) is 2. The monoisotopic (exact) mass is 192 g/mol. The maximum Gasteiger partial charge on any atom is 0.0294 e. The van der Waals surface area contributed by atoms with Gasteiger partial charge in [0.05, 0.1) is 0 Å². The van der Waals surface area contributed by atoms with E-state index in [1.807, 2.05) is 0 Å². The third-order valence-corrected chi connectivity index (χ3v) is 2.49. The van der Waals surface area contributed by atoms with E-state index in [1.165, 1.54) is 16.7 Å². The quantitative estimate of drug-likeness (QED) is 0.765. The Morgan fingerprint density at radius 2 is 2.07 bits per heavy atom. The van der Waals surface area contributed by atoms with E-state index in [4.69, 9.17) is 5.73 Å². The molecule has 0 aromatic heterocycles.